The van der Waals surface area contributed by atoms with Crippen LogP contribution in [0.2, 0.25) is 0 Å². The van der Waals surface area contributed by atoms with Crippen LogP contribution in [-0.4, -0.2) is 27.7 Å². The van der Waals surface area contributed by atoms with Gasteiger partial charge in [0.25, 0.3) is 11.6 Å². The second kappa shape index (κ2) is 8.51. The SMILES string of the molecule is Cc1ccc(OCC(=O)O[C@@H](C)c2nnc(-c3ccc([N+](=O)[O-])cc3)o2)c(C)c1. The summed E-state index contributed by atoms with van der Waals surface area (Å²) in [5, 5.41) is 18.5. The Morgan fingerprint density at radius 1 is 1.17 bits per heavy atom. The lowest BCUT2D eigenvalue weighted by molar-refractivity contribution is -0.384. The molecule has 0 bridgehead atoms. The lowest BCUT2D eigenvalue weighted by atomic mass is 10.1. The molecule has 9 nitrogen and oxygen atoms in total. The van der Waals surface area contributed by atoms with Crippen molar-refractivity contribution < 1.29 is 23.6 Å². The lowest BCUT2D eigenvalue weighted by Crippen LogP contribution is -2.17. The fraction of sp³-hybridized carbons (Fsp3) is 0.250. The van der Waals surface area contributed by atoms with Crippen molar-refractivity contribution in [1.82, 2.24) is 10.2 Å². The van der Waals surface area contributed by atoms with Crippen molar-refractivity contribution in [2.24, 2.45) is 0 Å². The van der Waals surface area contributed by atoms with E-state index in [1.165, 1.54) is 24.3 Å². The third kappa shape index (κ3) is 4.95. The molecule has 1 heterocycles. The van der Waals surface area contributed by atoms with Crippen LogP contribution in [0.3, 0.4) is 0 Å². The van der Waals surface area contributed by atoms with E-state index in [0.29, 0.717) is 11.3 Å². The molecule has 2 aromatic carbocycles. The molecule has 0 saturated heterocycles. The molecule has 0 amide bonds. The number of hydrogen-bond acceptors (Lipinski definition) is 8. The first-order valence-electron chi connectivity index (χ1n) is 8.81. The lowest BCUT2D eigenvalue weighted by Gasteiger charge is -2.12. The van der Waals surface area contributed by atoms with E-state index in [9.17, 15) is 14.9 Å². The molecule has 3 aromatic rings. The monoisotopic (exact) mass is 397 g/mol. The summed E-state index contributed by atoms with van der Waals surface area (Å²) in [5.41, 5.74) is 2.51. The van der Waals surface area contributed by atoms with Crippen molar-refractivity contribution in [2.45, 2.75) is 26.9 Å². The van der Waals surface area contributed by atoms with Gasteiger partial charge in [-0.1, -0.05) is 17.7 Å². The van der Waals surface area contributed by atoms with E-state index in [2.05, 4.69) is 10.2 Å². The molecule has 9 heteroatoms. The molecule has 0 aliphatic rings. The number of benzene rings is 2. The van der Waals surface area contributed by atoms with E-state index in [-0.39, 0.29) is 24.1 Å². The van der Waals surface area contributed by atoms with E-state index in [0.717, 1.165) is 11.1 Å². The predicted octanol–water partition coefficient (Wildman–Crippen LogP) is 3.94. The maximum atomic E-state index is 12.1. The number of nitrogens with zero attached hydrogens (tertiary/aromatic N) is 3. The van der Waals surface area contributed by atoms with Crippen LogP contribution in [-0.2, 0) is 9.53 Å². The first kappa shape index (κ1) is 20.0. The van der Waals surface area contributed by atoms with Gasteiger partial charge < -0.3 is 13.9 Å². The quantitative estimate of drug-likeness (QED) is 0.334. The van der Waals surface area contributed by atoms with Gasteiger partial charge >= 0.3 is 5.97 Å². The molecule has 0 spiro atoms. The number of non-ortho nitro benzene ring substituents is 1. The Labute approximate surface area is 166 Å². The number of carbonyl (C=O) groups excluding carboxylic acids is 1. The van der Waals surface area contributed by atoms with Gasteiger partial charge in [-0.05, 0) is 44.5 Å². The van der Waals surface area contributed by atoms with E-state index in [1.807, 2.05) is 26.0 Å². The summed E-state index contributed by atoms with van der Waals surface area (Å²) in [6.07, 6.45) is -0.774. The summed E-state index contributed by atoms with van der Waals surface area (Å²) in [5.74, 6) is 0.313. The summed E-state index contributed by atoms with van der Waals surface area (Å²) in [4.78, 5) is 22.3. The molecule has 3 rings (SSSR count). The van der Waals surface area contributed by atoms with Crippen molar-refractivity contribution >= 4 is 11.7 Å². The average Bonchev–Trinajstić information content (AvgIpc) is 3.18. The molecule has 1 atom stereocenters. The largest absolute Gasteiger partial charge is 0.482 e. The minimum Gasteiger partial charge on any atom is -0.482 e. The van der Waals surface area contributed by atoms with Gasteiger partial charge in [-0.15, -0.1) is 10.2 Å². The Balaban J connectivity index is 1.58. The molecule has 0 unspecified atom stereocenters. The van der Waals surface area contributed by atoms with Crippen molar-refractivity contribution in [3.8, 4) is 17.2 Å². The van der Waals surface area contributed by atoms with Crippen LogP contribution in [0.15, 0.2) is 46.9 Å². The van der Waals surface area contributed by atoms with Crippen molar-refractivity contribution in [3.63, 3.8) is 0 Å². The van der Waals surface area contributed by atoms with E-state index in [4.69, 9.17) is 13.9 Å². The maximum Gasteiger partial charge on any atom is 0.344 e. The molecule has 0 aliphatic carbocycles. The van der Waals surface area contributed by atoms with Crippen molar-refractivity contribution in [1.29, 1.82) is 0 Å². The van der Waals surface area contributed by atoms with Crippen molar-refractivity contribution in [3.05, 3.63) is 69.6 Å². The third-order valence-corrected chi connectivity index (χ3v) is 4.10. The number of esters is 1. The first-order chi connectivity index (χ1) is 13.8. The van der Waals surface area contributed by atoms with Gasteiger partial charge in [0.05, 0.1) is 4.92 Å². The molecule has 150 valence electrons. The molecule has 0 saturated carbocycles. The highest BCUT2D eigenvalue weighted by molar-refractivity contribution is 5.71. The highest BCUT2D eigenvalue weighted by Crippen LogP contribution is 2.24. The number of carbonyl (C=O) groups is 1. The third-order valence-electron chi connectivity index (χ3n) is 4.10. The average molecular weight is 397 g/mol. The summed E-state index contributed by atoms with van der Waals surface area (Å²) in [6, 6.07) is 11.3. The smallest absolute Gasteiger partial charge is 0.344 e. The van der Waals surface area contributed by atoms with Gasteiger partial charge in [0, 0.05) is 17.7 Å². The zero-order chi connectivity index (χ0) is 21.0. The summed E-state index contributed by atoms with van der Waals surface area (Å²) in [6.45, 7) is 5.22. The summed E-state index contributed by atoms with van der Waals surface area (Å²) in [7, 11) is 0. The van der Waals surface area contributed by atoms with E-state index < -0.39 is 17.0 Å². The number of aryl methyl sites for hydroxylation is 2. The number of nitro benzene ring substituents is 1. The molecule has 0 N–H and O–H groups in total. The normalized spacial score (nSPS) is 11.7. The number of hydrogen-bond donors (Lipinski definition) is 0. The van der Waals surface area contributed by atoms with Crippen LogP contribution < -0.4 is 4.74 Å². The number of aromatic nitrogens is 2. The van der Waals surface area contributed by atoms with Gasteiger partial charge in [-0.3, -0.25) is 10.1 Å². The van der Waals surface area contributed by atoms with Crippen LogP contribution in [0, 0.1) is 24.0 Å². The molecule has 0 radical (unpaired) electrons. The van der Waals surface area contributed by atoms with Crippen LogP contribution in [0.25, 0.3) is 11.5 Å². The predicted molar refractivity (Wildman–Crippen MR) is 102 cm³/mol. The summed E-state index contributed by atoms with van der Waals surface area (Å²) >= 11 is 0. The highest BCUT2D eigenvalue weighted by Gasteiger charge is 2.20. The van der Waals surface area contributed by atoms with Crippen molar-refractivity contribution in [2.75, 3.05) is 6.61 Å². The summed E-state index contributed by atoms with van der Waals surface area (Å²) < 4.78 is 16.3. The fourth-order valence-electron chi connectivity index (χ4n) is 2.62. The Bertz CT molecular complexity index is 1030. The number of ether oxygens (including phenoxy) is 2. The van der Waals surface area contributed by atoms with Gasteiger partial charge in [0.2, 0.25) is 5.89 Å². The fourth-order valence-corrected chi connectivity index (χ4v) is 2.62. The molecule has 0 fully saturated rings. The second-order valence-electron chi connectivity index (χ2n) is 6.44. The van der Waals surface area contributed by atoms with Crippen LogP contribution in [0.4, 0.5) is 5.69 Å². The highest BCUT2D eigenvalue weighted by atomic mass is 16.6. The first-order valence-corrected chi connectivity index (χ1v) is 8.81. The number of nitro groups is 1. The maximum absolute atomic E-state index is 12.1. The Hall–Kier alpha value is -3.75. The van der Waals surface area contributed by atoms with E-state index >= 15 is 0 Å². The molecule has 1 aromatic heterocycles. The minimum atomic E-state index is -0.774. The molecule has 29 heavy (non-hydrogen) atoms. The zero-order valence-corrected chi connectivity index (χ0v) is 16.1. The minimum absolute atomic E-state index is 0.0420. The number of rotatable bonds is 7. The van der Waals surface area contributed by atoms with Crippen LogP contribution >= 0.6 is 0 Å². The Morgan fingerprint density at radius 3 is 2.55 bits per heavy atom. The van der Waals surface area contributed by atoms with E-state index in [1.54, 1.807) is 13.0 Å². The van der Waals surface area contributed by atoms with Gasteiger partial charge in [0.1, 0.15) is 5.75 Å². The van der Waals surface area contributed by atoms with Gasteiger partial charge in [-0.25, -0.2) is 4.79 Å². The second-order valence-corrected chi connectivity index (χ2v) is 6.44. The van der Waals surface area contributed by atoms with Gasteiger partial charge in [-0.2, -0.15) is 0 Å². The Morgan fingerprint density at radius 2 is 1.90 bits per heavy atom. The van der Waals surface area contributed by atoms with Gasteiger partial charge in [0.15, 0.2) is 12.7 Å². The Kier molecular flexibility index (Phi) is 5.87. The van der Waals surface area contributed by atoms with Crippen LogP contribution in [0.5, 0.6) is 5.75 Å². The zero-order valence-electron chi connectivity index (χ0n) is 16.1. The standard InChI is InChI=1S/C20H19N3O6/c1-12-4-9-17(13(2)10-12)27-11-18(24)28-14(3)19-21-22-20(29-19)15-5-7-16(8-6-15)23(25)26/h4-10,14H,11H2,1-3H3/t14-/m0/s1. The topological polar surface area (TPSA) is 118 Å². The molecular formula is C20H19N3O6. The molecule has 0 aliphatic heterocycles. The van der Waals surface area contributed by atoms with Crippen LogP contribution in [0.1, 0.15) is 30.0 Å². The molecular weight excluding hydrogens is 378 g/mol.